The van der Waals surface area contributed by atoms with Gasteiger partial charge in [-0.3, -0.25) is 4.90 Å². The molecule has 0 radical (unpaired) electrons. The second kappa shape index (κ2) is 5.50. The van der Waals surface area contributed by atoms with Gasteiger partial charge in [0.2, 0.25) is 0 Å². The second-order valence-electron chi connectivity index (χ2n) is 4.74. The van der Waals surface area contributed by atoms with Crippen LogP contribution in [-0.2, 0) is 0 Å². The molecular weight excluding hydrogens is 204 g/mol. The van der Waals surface area contributed by atoms with E-state index in [0.29, 0.717) is 6.04 Å². The molecule has 2 amide bonds. The van der Waals surface area contributed by atoms with Gasteiger partial charge in [-0.1, -0.05) is 0 Å². The third-order valence-corrected chi connectivity index (χ3v) is 3.21. The van der Waals surface area contributed by atoms with Crippen molar-refractivity contribution in [1.82, 2.24) is 20.4 Å². The lowest BCUT2D eigenvalue weighted by Gasteiger charge is -2.29. The topological polar surface area (TPSA) is 47.6 Å². The van der Waals surface area contributed by atoms with Crippen LogP contribution < -0.4 is 10.6 Å². The predicted molar refractivity (Wildman–Crippen MR) is 63.5 cm³/mol. The molecule has 2 aliphatic rings. The molecule has 92 valence electrons. The van der Waals surface area contributed by atoms with Gasteiger partial charge in [-0.15, -0.1) is 0 Å². The van der Waals surface area contributed by atoms with Gasteiger partial charge in [-0.05, 0) is 12.8 Å². The summed E-state index contributed by atoms with van der Waals surface area (Å²) < 4.78 is 0. The molecule has 5 heteroatoms. The molecule has 0 atom stereocenters. The molecule has 5 nitrogen and oxygen atoms in total. The number of piperazine rings is 1. The quantitative estimate of drug-likeness (QED) is 0.691. The number of likely N-dealkylation sites (N-methyl/N-ethyl adjacent to an activating group) is 1. The van der Waals surface area contributed by atoms with Crippen molar-refractivity contribution in [3.05, 3.63) is 0 Å². The van der Waals surface area contributed by atoms with Crippen molar-refractivity contribution in [3.8, 4) is 0 Å². The Balaban J connectivity index is 1.61. The molecule has 1 saturated heterocycles. The lowest BCUT2D eigenvalue weighted by Crippen LogP contribution is -2.47. The van der Waals surface area contributed by atoms with Crippen molar-refractivity contribution < 1.29 is 4.79 Å². The van der Waals surface area contributed by atoms with Gasteiger partial charge in [-0.25, -0.2) is 4.79 Å². The van der Waals surface area contributed by atoms with E-state index in [-0.39, 0.29) is 6.03 Å². The monoisotopic (exact) mass is 226 g/mol. The minimum Gasteiger partial charge on any atom is -0.335 e. The summed E-state index contributed by atoms with van der Waals surface area (Å²) in [5.41, 5.74) is 0. The number of carbonyl (C=O) groups is 1. The first-order chi connectivity index (χ1) is 7.75. The number of carbonyl (C=O) groups excluding carboxylic acids is 1. The average molecular weight is 226 g/mol. The van der Waals surface area contributed by atoms with Crippen LogP contribution >= 0.6 is 0 Å². The van der Waals surface area contributed by atoms with Crippen molar-refractivity contribution in [2.75, 3.05) is 46.3 Å². The first-order valence-electron chi connectivity index (χ1n) is 6.20. The van der Waals surface area contributed by atoms with Gasteiger partial charge in [0, 0.05) is 52.4 Å². The second-order valence-corrected chi connectivity index (χ2v) is 4.74. The molecule has 0 unspecified atom stereocenters. The van der Waals surface area contributed by atoms with E-state index < -0.39 is 0 Å². The van der Waals surface area contributed by atoms with Gasteiger partial charge in [-0.2, -0.15) is 0 Å². The summed E-state index contributed by atoms with van der Waals surface area (Å²) in [6, 6.07) is 0.534. The summed E-state index contributed by atoms with van der Waals surface area (Å²) in [6.07, 6.45) is 2.30. The molecule has 0 aromatic carbocycles. The molecule has 2 rings (SSSR count). The zero-order valence-corrected chi connectivity index (χ0v) is 10.0. The summed E-state index contributed by atoms with van der Waals surface area (Å²) in [5.74, 6) is 0. The van der Waals surface area contributed by atoms with Gasteiger partial charge in [0.15, 0.2) is 0 Å². The number of nitrogens with zero attached hydrogens (tertiary/aromatic N) is 2. The molecule has 1 heterocycles. The highest BCUT2D eigenvalue weighted by atomic mass is 16.2. The normalized spacial score (nSPS) is 21.8. The van der Waals surface area contributed by atoms with E-state index in [1.54, 1.807) is 4.90 Å². The molecule has 0 aromatic heterocycles. The van der Waals surface area contributed by atoms with E-state index in [4.69, 9.17) is 0 Å². The number of rotatable bonds is 4. The van der Waals surface area contributed by atoms with Gasteiger partial charge in [0.1, 0.15) is 0 Å². The maximum atomic E-state index is 11.7. The Kier molecular flexibility index (Phi) is 4.01. The summed E-state index contributed by atoms with van der Waals surface area (Å²) in [7, 11) is 1.87. The highest BCUT2D eigenvalue weighted by molar-refractivity contribution is 5.74. The summed E-state index contributed by atoms with van der Waals surface area (Å²) in [6.45, 7) is 6.13. The Morgan fingerprint density at radius 1 is 1.44 bits per heavy atom. The molecular formula is C11H22N4O. The van der Waals surface area contributed by atoms with Crippen molar-refractivity contribution in [2.45, 2.75) is 18.9 Å². The minimum atomic E-state index is 0.0811. The van der Waals surface area contributed by atoms with Crippen LogP contribution in [0.4, 0.5) is 4.79 Å². The Hall–Kier alpha value is -0.810. The SMILES string of the molecule is CN(CCN1CCNCC1)C(=O)NC1CC1. The third kappa shape index (κ3) is 3.64. The van der Waals surface area contributed by atoms with Crippen LogP contribution in [0.15, 0.2) is 0 Å². The Labute approximate surface area is 97.2 Å². The number of hydrogen-bond acceptors (Lipinski definition) is 3. The number of urea groups is 1. The highest BCUT2D eigenvalue weighted by Crippen LogP contribution is 2.18. The van der Waals surface area contributed by atoms with Crippen LogP contribution in [0.25, 0.3) is 0 Å². The lowest BCUT2D eigenvalue weighted by atomic mass is 10.3. The highest BCUT2D eigenvalue weighted by Gasteiger charge is 2.24. The molecule has 1 saturated carbocycles. The molecule has 0 aromatic rings. The first kappa shape index (κ1) is 11.7. The summed E-state index contributed by atoms with van der Waals surface area (Å²) in [5, 5.41) is 6.32. The van der Waals surface area contributed by atoms with E-state index in [0.717, 1.165) is 52.1 Å². The zero-order chi connectivity index (χ0) is 11.4. The molecule has 2 N–H and O–H groups in total. The van der Waals surface area contributed by atoms with Crippen molar-refractivity contribution in [2.24, 2.45) is 0 Å². The van der Waals surface area contributed by atoms with Crippen molar-refractivity contribution >= 4 is 6.03 Å². The smallest absolute Gasteiger partial charge is 0.317 e. The van der Waals surface area contributed by atoms with Gasteiger partial charge >= 0.3 is 6.03 Å². The number of nitrogens with one attached hydrogen (secondary N) is 2. The van der Waals surface area contributed by atoms with Crippen LogP contribution in [0, 0.1) is 0 Å². The van der Waals surface area contributed by atoms with Gasteiger partial charge in [0.25, 0.3) is 0 Å². The maximum absolute atomic E-state index is 11.7. The average Bonchev–Trinajstić information content (AvgIpc) is 3.11. The largest absolute Gasteiger partial charge is 0.335 e. The number of hydrogen-bond donors (Lipinski definition) is 2. The van der Waals surface area contributed by atoms with Crippen LogP contribution in [0.3, 0.4) is 0 Å². The minimum absolute atomic E-state index is 0.0811. The van der Waals surface area contributed by atoms with E-state index in [1.807, 2.05) is 7.05 Å². The van der Waals surface area contributed by atoms with Crippen molar-refractivity contribution in [1.29, 1.82) is 0 Å². The summed E-state index contributed by atoms with van der Waals surface area (Å²) in [4.78, 5) is 15.8. The molecule has 1 aliphatic heterocycles. The lowest BCUT2D eigenvalue weighted by molar-refractivity contribution is 0.187. The fourth-order valence-corrected chi connectivity index (χ4v) is 1.84. The van der Waals surface area contributed by atoms with Crippen LogP contribution in [0.2, 0.25) is 0 Å². The molecule has 0 spiro atoms. The van der Waals surface area contributed by atoms with E-state index >= 15 is 0 Å². The van der Waals surface area contributed by atoms with Crippen LogP contribution in [0.5, 0.6) is 0 Å². The Morgan fingerprint density at radius 3 is 2.75 bits per heavy atom. The molecule has 0 bridgehead atoms. The Morgan fingerprint density at radius 2 is 2.12 bits per heavy atom. The summed E-state index contributed by atoms with van der Waals surface area (Å²) >= 11 is 0. The standard InChI is InChI=1S/C11H22N4O/c1-14(11(16)13-10-2-3-10)8-9-15-6-4-12-5-7-15/h10,12H,2-9H2,1H3,(H,13,16). The predicted octanol–water partition coefficient (Wildman–Crippen LogP) is -0.305. The third-order valence-electron chi connectivity index (χ3n) is 3.21. The molecule has 16 heavy (non-hydrogen) atoms. The van der Waals surface area contributed by atoms with E-state index in [9.17, 15) is 4.79 Å². The zero-order valence-electron chi connectivity index (χ0n) is 10.0. The maximum Gasteiger partial charge on any atom is 0.317 e. The molecule has 2 fully saturated rings. The van der Waals surface area contributed by atoms with Gasteiger partial charge in [0.05, 0.1) is 0 Å². The fraction of sp³-hybridized carbons (Fsp3) is 0.909. The van der Waals surface area contributed by atoms with Crippen LogP contribution in [0.1, 0.15) is 12.8 Å². The van der Waals surface area contributed by atoms with Gasteiger partial charge < -0.3 is 15.5 Å². The van der Waals surface area contributed by atoms with Crippen molar-refractivity contribution in [3.63, 3.8) is 0 Å². The van der Waals surface area contributed by atoms with E-state index in [1.165, 1.54) is 0 Å². The van der Waals surface area contributed by atoms with E-state index in [2.05, 4.69) is 15.5 Å². The Bertz CT molecular complexity index is 236. The van der Waals surface area contributed by atoms with Crippen LogP contribution in [-0.4, -0.2) is 68.2 Å². The molecule has 1 aliphatic carbocycles. The fourth-order valence-electron chi connectivity index (χ4n) is 1.84. The first-order valence-corrected chi connectivity index (χ1v) is 6.20. The number of amides is 2.